The van der Waals surface area contributed by atoms with E-state index in [1.54, 1.807) is 9.80 Å². The standard InChI is InChI=1S/C20H18N4O2/c1-3-23-15-11-7-5-9-13(15)17(19(23)25)21-22-18-14-10-6-8-12-16(14)24(4-2)20(18)26/h5-12H,3-4H2,1-2H3/b21-17+,22-18+. The molecule has 0 N–H and O–H groups in total. The highest BCUT2D eigenvalue weighted by molar-refractivity contribution is 6.56. The monoisotopic (exact) mass is 346 g/mol. The summed E-state index contributed by atoms with van der Waals surface area (Å²) in [5, 5.41) is 8.42. The fourth-order valence-electron chi connectivity index (χ4n) is 3.44. The lowest BCUT2D eigenvalue weighted by molar-refractivity contribution is -0.113. The van der Waals surface area contributed by atoms with Crippen molar-refractivity contribution in [2.45, 2.75) is 13.8 Å². The molecule has 6 heteroatoms. The van der Waals surface area contributed by atoms with Crippen LogP contribution in [-0.2, 0) is 9.59 Å². The van der Waals surface area contributed by atoms with Gasteiger partial charge in [0.25, 0.3) is 11.8 Å². The SMILES string of the molecule is CCN1C(=O)/C(=N/N=C2/C(=O)N(CC)c3ccccc32)c2ccccc21. The molecule has 0 fully saturated rings. The van der Waals surface area contributed by atoms with Gasteiger partial charge in [0.05, 0.1) is 11.4 Å². The van der Waals surface area contributed by atoms with Crippen LogP contribution in [0.1, 0.15) is 25.0 Å². The zero-order valence-electron chi connectivity index (χ0n) is 14.6. The summed E-state index contributed by atoms with van der Waals surface area (Å²) >= 11 is 0. The number of rotatable bonds is 3. The van der Waals surface area contributed by atoms with Gasteiger partial charge in [0.2, 0.25) is 0 Å². The summed E-state index contributed by atoms with van der Waals surface area (Å²) in [5.74, 6) is -0.381. The van der Waals surface area contributed by atoms with Crippen molar-refractivity contribution in [3.05, 3.63) is 59.7 Å². The van der Waals surface area contributed by atoms with E-state index in [2.05, 4.69) is 10.2 Å². The maximum atomic E-state index is 12.7. The number of benzene rings is 2. The van der Waals surface area contributed by atoms with E-state index in [1.165, 1.54) is 0 Å². The van der Waals surface area contributed by atoms with Crippen LogP contribution in [0.15, 0.2) is 58.7 Å². The van der Waals surface area contributed by atoms with Gasteiger partial charge in [-0.3, -0.25) is 9.59 Å². The number of hydrogen-bond acceptors (Lipinski definition) is 4. The Morgan fingerprint density at radius 2 is 1.08 bits per heavy atom. The van der Waals surface area contributed by atoms with Gasteiger partial charge in [-0.2, -0.15) is 0 Å². The average molecular weight is 346 g/mol. The van der Waals surface area contributed by atoms with Crippen molar-refractivity contribution in [2.24, 2.45) is 10.2 Å². The van der Waals surface area contributed by atoms with Crippen LogP contribution in [0.2, 0.25) is 0 Å². The second-order valence-corrected chi connectivity index (χ2v) is 6.03. The Hall–Kier alpha value is -3.28. The van der Waals surface area contributed by atoms with Crippen molar-refractivity contribution in [3.8, 4) is 0 Å². The van der Waals surface area contributed by atoms with Gasteiger partial charge in [-0.05, 0) is 26.0 Å². The number of hydrogen-bond donors (Lipinski definition) is 0. The fraction of sp³-hybridized carbons (Fsp3) is 0.200. The molecule has 130 valence electrons. The molecule has 2 aliphatic heterocycles. The normalized spacial score (nSPS) is 18.8. The van der Waals surface area contributed by atoms with Crippen molar-refractivity contribution < 1.29 is 9.59 Å². The Kier molecular flexibility index (Phi) is 3.88. The lowest BCUT2D eigenvalue weighted by atomic mass is 10.1. The third kappa shape index (κ3) is 2.26. The summed E-state index contributed by atoms with van der Waals surface area (Å²) in [6.45, 7) is 4.94. The van der Waals surface area contributed by atoms with E-state index in [4.69, 9.17) is 0 Å². The van der Waals surface area contributed by atoms with Crippen LogP contribution in [-0.4, -0.2) is 36.3 Å². The van der Waals surface area contributed by atoms with Crippen LogP contribution in [0.4, 0.5) is 11.4 Å². The summed E-state index contributed by atoms with van der Waals surface area (Å²) in [5.41, 5.74) is 3.69. The number of nitrogens with zero attached hydrogens (tertiary/aromatic N) is 4. The van der Waals surface area contributed by atoms with Crippen LogP contribution >= 0.6 is 0 Å². The van der Waals surface area contributed by atoms with Gasteiger partial charge in [-0.1, -0.05) is 36.4 Å². The number of carbonyl (C=O) groups is 2. The molecule has 26 heavy (non-hydrogen) atoms. The lowest BCUT2D eigenvalue weighted by Crippen LogP contribution is -2.30. The Morgan fingerprint density at radius 1 is 0.692 bits per heavy atom. The first-order valence-corrected chi connectivity index (χ1v) is 8.65. The summed E-state index contributed by atoms with van der Waals surface area (Å²) in [7, 11) is 0. The number of fused-ring (bicyclic) bond motifs is 2. The van der Waals surface area contributed by atoms with Crippen LogP contribution in [0, 0.1) is 0 Å². The number of likely N-dealkylation sites (N-methyl/N-ethyl adjacent to an activating group) is 2. The molecule has 0 spiro atoms. The maximum absolute atomic E-state index is 12.7. The summed E-state index contributed by atoms with van der Waals surface area (Å²) in [6, 6.07) is 15.0. The molecule has 0 atom stereocenters. The molecule has 0 aliphatic carbocycles. The van der Waals surface area contributed by atoms with E-state index >= 15 is 0 Å². The fourth-order valence-corrected chi connectivity index (χ4v) is 3.44. The predicted octanol–water partition coefficient (Wildman–Crippen LogP) is 2.61. The number of carbonyl (C=O) groups excluding carboxylic acids is 2. The molecule has 0 saturated heterocycles. The van der Waals surface area contributed by atoms with Crippen molar-refractivity contribution in [1.29, 1.82) is 0 Å². The summed E-state index contributed by atoms with van der Waals surface area (Å²) in [4.78, 5) is 28.7. The number of anilines is 2. The van der Waals surface area contributed by atoms with Gasteiger partial charge < -0.3 is 9.80 Å². The van der Waals surface area contributed by atoms with Crippen LogP contribution in [0.5, 0.6) is 0 Å². The van der Waals surface area contributed by atoms with Gasteiger partial charge in [0, 0.05) is 24.2 Å². The zero-order chi connectivity index (χ0) is 18.3. The van der Waals surface area contributed by atoms with E-state index in [1.807, 2.05) is 62.4 Å². The molecule has 0 unspecified atom stereocenters. The van der Waals surface area contributed by atoms with E-state index in [0.29, 0.717) is 13.1 Å². The first-order valence-electron chi connectivity index (χ1n) is 8.65. The molecule has 0 radical (unpaired) electrons. The molecule has 2 aliphatic rings. The molecule has 2 heterocycles. The smallest absolute Gasteiger partial charge is 0.279 e. The van der Waals surface area contributed by atoms with E-state index in [-0.39, 0.29) is 23.2 Å². The highest BCUT2D eigenvalue weighted by Gasteiger charge is 2.35. The minimum Gasteiger partial charge on any atom is -0.307 e. The second kappa shape index (κ2) is 6.22. The minimum atomic E-state index is -0.191. The molecule has 2 aromatic carbocycles. The van der Waals surface area contributed by atoms with Crippen molar-refractivity contribution in [2.75, 3.05) is 22.9 Å². The van der Waals surface area contributed by atoms with Gasteiger partial charge in [0.1, 0.15) is 0 Å². The van der Waals surface area contributed by atoms with Gasteiger partial charge in [-0.25, -0.2) is 0 Å². The Balaban J connectivity index is 1.81. The zero-order valence-corrected chi connectivity index (χ0v) is 14.6. The third-order valence-corrected chi connectivity index (χ3v) is 4.68. The third-order valence-electron chi connectivity index (χ3n) is 4.68. The molecule has 0 aromatic heterocycles. The highest BCUT2D eigenvalue weighted by Crippen LogP contribution is 2.31. The minimum absolute atomic E-state index is 0.191. The molecule has 2 amide bonds. The van der Waals surface area contributed by atoms with E-state index in [9.17, 15) is 9.59 Å². The number of para-hydroxylation sites is 2. The van der Waals surface area contributed by atoms with Gasteiger partial charge in [0.15, 0.2) is 11.4 Å². The van der Waals surface area contributed by atoms with Crippen LogP contribution in [0.3, 0.4) is 0 Å². The Labute approximate surface area is 151 Å². The lowest BCUT2D eigenvalue weighted by Gasteiger charge is -2.12. The topological polar surface area (TPSA) is 65.3 Å². The van der Waals surface area contributed by atoms with Crippen LogP contribution in [0.25, 0.3) is 0 Å². The van der Waals surface area contributed by atoms with E-state index in [0.717, 1.165) is 22.5 Å². The van der Waals surface area contributed by atoms with Gasteiger partial charge >= 0.3 is 0 Å². The van der Waals surface area contributed by atoms with Gasteiger partial charge in [-0.15, -0.1) is 10.2 Å². The molecule has 4 rings (SSSR count). The Bertz CT molecular complexity index is 898. The first-order chi connectivity index (χ1) is 12.7. The molecular formula is C20H18N4O2. The van der Waals surface area contributed by atoms with Crippen molar-refractivity contribution in [1.82, 2.24) is 0 Å². The maximum Gasteiger partial charge on any atom is 0.279 e. The summed E-state index contributed by atoms with van der Waals surface area (Å²) < 4.78 is 0. The second-order valence-electron chi connectivity index (χ2n) is 6.03. The first kappa shape index (κ1) is 16.2. The summed E-state index contributed by atoms with van der Waals surface area (Å²) in [6.07, 6.45) is 0. The van der Waals surface area contributed by atoms with Crippen LogP contribution < -0.4 is 9.80 Å². The van der Waals surface area contributed by atoms with E-state index < -0.39 is 0 Å². The predicted molar refractivity (Wildman–Crippen MR) is 102 cm³/mol. The number of amides is 2. The molecule has 6 nitrogen and oxygen atoms in total. The molecule has 0 saturated carbocycles. The Morgan fingerprint density at radius 3 is 1.46 bits per heavy atom. The highest BCUT2D eigenvalue weighted by atomic mass is 16.2. The molecule has 0 bridgehead atoms. The van der Waals surface area contributed by atoms with Crippen molar-refractivity contribution >= 4 is 34.6 Å². The largest absolute Gasteiger partial charge is 0.307 e. The quantitative estimate of drug-likeness (QED) is 0.802. The molecule has 2 aromatic rings. The van der Waals surface area contributed by atoms with Crippen molar-refractivity contribution in [3.63, 3.8) is 0 Å². The average Bonchev–Trinajstić information content (AvgIpc) is 3.10. The molecular weight excluding hydrogens is 328 g/mol.